The molecule has 3 rings (SSSR count). The number of benzene rings is 2. The number of fused-ring (bicyclic) bond motifs is 1. The molecule has 6 heteroatoms. The van der Waals surface area contributed by atoms with E-state index in [2.05, 4.69) is 25.9 Å². The van der Waals surface area contributed by atoms with Gasteiger partial charge in [-0.05, 0) is 41.8 Å². The molecule has 3 nitrogen and oxygen atoms in total. The summed E-state index contributed by atoms with van der Waals surface area (Å²) in [4.78, 5) is 16.7. The van der Waals surface area contributed by atoms with E-state index in [9.17, 15) is 9.18 Å². The summed E-state index contributed by atoms with van der Waals surface area (Å²) < 4.78 is 13.7. The Morgan fingerprint density at radius 2 is 1.76 bits per heavy atom. The van der Waals surface area contributed by atoms with E-state index in [1.807, 2.05) is 12.1 Å². The molecule has 0 saturated heterocycles. The largest absolute Gasteiger partial charge is 0.323 e. The Morgan fingerprint density at radius 3 is 2.43 bits per heavy atom. The minimum atomic E-state index is -0.285. The quantitative estimate of drug-likeness (QED) is 0.665. The van der Waals surface area contributed by atoms with Crippen molar-refractivity contribution in [2.75, 3.05) is 0 Å². The van der Waals surface area contributed by atoms with Gasteiger partial charge >= 0.3 is 5.69 Å². The lowest BCUT2D eigenvalue weighted by atomic mass is 10.0. The molecule has 3 aromatic rings. The van der Waals surface area contributed by atoms with Gasteiger partial charge in [0.25, 0.3) is 0 Å². The lowest BCUT2D eigenvalue weighted by Gasteiger charge is -2.12. The van der Waals surface area contributed by atoms with Crippen LogP contribution in [0.1, 0.15) is 16.5 Å². The van der Waals surface area contributed by atoms with Crippen molar-refractivity contribution in [2.24, 2.45) is 0 Å². The molecule has 0 bridgehead atoms. The standard InChI is InChI=1S/C15H11BrClFN2O/c16-11-7-14-13(19-15(21)20-14)6-10(11)12(17)5-8-1-3-9(18)4-2-8/h1-4,6-7,12H,5H2,(H2,19,20,21). The summed E-state index contributed by atoms with van der Waals surface area (Å²) in [5, 5.41) is -0.285. The van der Waals surface area contributed by atoms with E-state index in [0.717, 1.165) is 21.1 Å². The summed E-state index contributed by atoms with van der Waals surface area (Å²) >= 11 is 9.94. The number of hydrogen-bond acceptors (Lipinski definition) is 1. The molecule has 0 radical (unpaired) electrons. The molecular weight excluding hydrogens is 359 g/mol. The van der Waals surface area contributed by atoms with Crippen LogP contribution in [0.15, 0.2) is 45.7 Å². The summed E-state index contributed by atoms with van der Waals surface area (Å²) in [6.07, 6.45) is 0.570. The van der Waals surface area contributed by atoms with Crippen molar-refractivity contribution in [3.63, 3.8) is 0 Å². The molecule has 0 fully saturated rings. The maximum Gasteiger partial charge on any atom is 0.323 e. The first kappa shape index (κ1) is 14.4. The Hall–Kier alpha value is -1.59. The van der Waals surface area contributed by atoms with Crippen LogP contribution in [0.25, 0.3) is 11.0 Å². The van der Waals surface area contributed by atoms with Crippen molar-refractivity contribution in [1.82, 2.24) is 9.97 Å². The van der Waals surface area contributed by atoms with Crippen LogP contribution in [0.3, 0.4) is 0 Å². The molecule has 1 aromatic heterocycles. The van der Waals surface area contributed by atoms with Crippen LogP contribution in [-0.4, -0.2) is 9.97 Å². The third-order valence-electron chi connectivity index (χ3n) is 3.30. The molecule has 1 unspecified atom stereocenters. The predicted octanol–water partition coefficient (Wildman–Crippen LogP) is 4.28. The van der Waals surface area contributed by atoms with Gasteiger partial charge in [0, 0.05) is 4.47 Å². The van der Waals surface area contributed by atoms with Gasteiger partial charge in [0.15, 0.2) is 0 Å². The number of imidazole rings is 1. The normalized spacial score (nSPS) is 12.7. The summed E-state index contributed by atoms with van der Waals surface area (Å²) in [6.45, 7) is 0. The first-order valence-corrected chi connectivity index (χ1v) is 7.56. The Balaban J connectivity index is 1.93. The van der Waals surface area contributed by atoms with Crippen molar-refractivity contribution in [2.45, 2.75) is 11.8 Å². The molecule has 2 aromatic carbocycles. The van der Waals surface area contributed by atoms with E-state index in [1.165, 1.54) is 12.1 Å². The van der Waals surface area contributed by atoms with Crippen LogP contribution < -0.4 is 5.69 Å². The highest BCUT2D eigenvalue weighted by atomic mass is 79.9. The molecule has 0 aliphatic rings. The van der Waals surface area contributed by atoms with Gasteiger partial charge in [-0.2, -0.15) is 0 Å². The summed E-state index contributed by atoms with van der Waals surface area (Å²) in [5.41, 5.74) is 3.01. The second-order valence-corrected chi connectivity index (χ2v) is 6.18. The van der Waals surface area contributed by atoms with E-state index < -0.39 is 0 Å². The Bertz CT molecular complexity index is 841. The monoisotopic (exact) mass is 368 g/mol. The van der Waals surface area contributed by atoms with Gasteiger partial charge in [-0.1, -0.05) is 28.1 Å². The van der Waals surface area contributed by atoms with Crippen molar-refractivity contribution < 1.29 is 4.39 Å². The maximum atomic E-state index is 12.9. The zero-order valence-electron chi connectivity index (χ0n) is 10.8. The molecule has 0 aliphatic carbocycles. The second-order valence-electron chi connectivity index (χ2n) is 4.80. The minimum absolute atomic E-state index is 0.251. The molecule has 108 valence electrons. The highest BCUT2D eigenvalue weighted by Gasteiger charge is 2.14. The highest BCUT2D eigenvalue weighted by molar-refractivity contribution is 9.10. The molecule has 21 heavy (non-hydrogen) atoms. The van der Waals surface area contributed by atoms with Crippen molar-refractivity contribution in [3.8, 4) is 0 Å². The fraction of sp³-hybridized carbons (Fsp3) is 0.133. The van der Waals surface area contributed by atoms with Gasteiger partial charge in [-0.25, -0.2) is 9.18 Å². The van der Waals surface area contributed by atoms with Crippen LogP contribution >= 0.6 is 27.5 Å². The number of rotatable bonds is 3. The van der Waals surface area contributed by atoms with Crippen molar-refractivity contribution in [1.29, 1.82) is 0 Å². The first-order valence-electron chi connectivity index (χ1n) is 6.33. The highest BCUT2D eigenvalue weighted by Crippen LogP contribution is 2.33. The van der Waals surface area contributed by atoms with Crippen LogP contribution in [0.4, 0.5) is 4.39 Å². The molecule has 0 aliphatic heterocycles. The van der Waals surface area contributed by atoms with Crippen LogP contribution in [0.2, 0.25) is 0 Å². The first-order chi connectivity index (χ1) is 10.0. The fourth-order valence-electron chi connectivity index (χ4n) is 2.25. The lowest BCUT2D eigenvalue weighted by Crippen LogP contribution is -1.99. The Labute approximate surface area is 133 Å². The summed E-state index contributed by atoms with van der Waals surface area (Å²) in [7, 11) is 0. The van der Waals surface area contributed by atoms with Gasteiger partial charge < -0.3 is 9.97 Å². The predicted molar refractivity (Wildman–Crippen MR) is 85.3 cm³/mol. The van der Waals surface area contributed by atoms with Gasteiger partial charge in [-0.15, -0.1) is 11.6 Å². The molecule has 2 N–H and O–H groups in total. The minimum Gasteiger partial charge on any atom is -0.306 e. The van der Waals surface area contributed by atoms with Gasteiger partial charge in [0.2, 0.25) is 0 Å². The van der Waals surface area contributed by atoms with Gasteiger partial charge in [-0.3, -0.25) is 0 Å². The second kappa shape index (κ2) is 5.66. The van der Waals surface area contributed by atoms with E-state index >= 15 is 0 Å². The Kier molecular flexibility index (Phi) is 3.87. The third kappa shape index (κ3) is 3.04. The van der Waals surface area contributed by atoms with Crippen molar-refractivity contribution in [3.05, 3.63) is 68.3 Å². The lowest BCUT2D eigenvalue weighted by molar-refractivity contribution is 0.627. The smallest absolute Gasteiger partial charge is 0.306 e. The Morgan fingerprint density at radius 1 is 1.14 bits per heavy atom. The average molecular weight is 370 g/mol. The molecule has 0 saturated carbocycles. The van der Waals surface area contributed by atoms with E-state index in [-0.39, 0.29) is 16.9 Å². The van der Waals surface area contributed by atoms with E-state index in [0.29, 0.717) is 11.9 Å². The summed E-state index contributed by atoms with van der Waals surface area (Å²) in [5.74, 6) is -0.266. The third-order valence-corrected chi connectivity index (χ3v) is 4.38. The molecule has 0 spiro atoms. The number of alkyl halides is 1. The van der Waals surface area contributed by atoms with Crippen LogP contribution in [-0.2, 0) is 6.42 Å². The van der Waals surface area contributed by atoms with E-state index in [1.54, 1.807) is 12.1 Å². The molecule has 0 amide bonds. The van der Waals surface area contributed by atoms with Gasteiger partial charge in [0.05, 0.1) is 16.4 Å². The van der Waals surface area contributed by atoms with Crippen LogP contribution in [0, 0.1) is 5.82 Å². The number of hydrogen-bond donors (Lipinski definition) is 2. The van der Waals surface area contributed by atoms with Crippen molar-refractivity contribution >= 4 is 38.6 Å². The summed E-state index contributed by atoms with van der Waals surface area (Å²) in [6, 6.07) is 9.94. The SMILES string of the molecule is O=c1[nH]c2cc(Br)c(C(Cl)Cc3ccc(F)cc3)cc2[nH]1. The molecule has 1 atom stereocenters. The zero-order chi connectivity index (χ0) is 15.0. The number of halogens is 3. The topological polar surface area (TPSA) is 48.6 Å². The number of H-pyrrole nitrogens is 2. The van der Waals surface area contributed by atoms with Crippen LogP contribution in [0.5, 0.6) is 0 Å². The molecule has 1 heterocycles. The zero-order valence-corrected chi connectivity index (χ0v) is 13.1. The molecular formula is C15H11BrClFN2O. The average Bonchev–Trinajstić information content (AvgIpc) is 2.79. The van der Waals surface area contributed by atoms with E-state index in [4.69, 9.17) is 11.6 Å². The van der Waals surface area contributed by atoms with Gasteiger partial charge in [0.1, 0.15) is 5.82 Å². The maximum absolute atomic E-state index is 12.9. The number of nitrogens with one attached hydrogen (secondary N) is 2. The number of aromatic nitrogens is 2. The number of aromatic amines is 2. The fourth-order valence-corrected chi connectivity index (χ4v) is 3.36.